The van der Waals surface area contributed by atoms with E-state index in [-0.39, 0.29) is 24.0 Å². The normalized spacial score (nSPS) is 15.5. The highest BCUT2D eigenvalue weighted by Gasteiger charge is 2.12. The van der Waals surface area contributed by atoms with Crippen molar-refractivity contribution in [3.63, 3.8) is 0 Å². The molecule has 0 spiro atoms. The maximum atomic E-state index is 4.70. The van der Waals surface area contributed by atoms with Crippen LogP contribution in [-0.4, -0.2) is 37.0 Å². The Morgan fingerprint density at radius 1 is 1.17 bits per heavy atom. The minimum absolute atomic E-state index is 0. The van der Waals surface area contributed by atoms with Crippen molar-refractivity contribution in [2.45, 2.75) is 39.3 Å². The Labute approximate surface area is 163 Å². The number of rotatable bonds is 7. The van der Waals surface area contributed by atoms with Crippen molar-refractivity contribution in [1.82, 2.24) is 15.5 Å². The third-order valence-corrected chi connectivity index (χ3v) is 4.13. The smallest absolute Gasteiger partial charge is 0.191 e. The molecule has 1 aromatic carbocycles. The van der Waals surface area contributed by atoms with Gasteiger partial charge in [-0.3, -0.25) is 4.90 Å². The second-order valence-corrected chi connectivity index (χ2v) is 5.97. The summed E-state index contributed by atoms with van der Waals surface area (Å²) < 4.78 is 0. The Morgan fingerprint density at radius 2 is 1.88 bits per heavy atom. The van der Waals surface area contributed by atoms with Crippen LogP contribution in [0.2, 0.25) is 0 Å². The van der Waals surface area contributed by atoms with E-state index in [9.17, 15) is 0 Å². The number of benzene rings is 1. The van der Waals surface area contributed by atoms with Crippen molar-refractivity contribution < 1.29 is 0 Å². The molecule has 0 aliphatic carbocycles. The summed E-state index contributed by atoms with van der Waals surface area (Å²) >= 11 is 0. The predicted molar refractivity (Wildman–Crippen MR) is 114 cm³/mol. The standard InChI is InChI=1S/C19H30N4.HI/c1-3-12-21-19(20-4-2)22-15-17-10-6-7-11-18(17)16-23-13-8-5-9-14-23;/h3,6-7,10-11H,1,4-5,8-9,12-16H2,2H3,(H2,20,21,22);1H. The monoisotopic (exact) mass is 442 g/mol. The van der Waals surface area contributed by atoms with Crippen LogP contribution in [0.3, 0.4) is 0 Å². The summed E-state index contributed by atoms with van der Waals surface area (Å²) in [4.78, 5) is 7.27. The molecule has 2 rings (SSSR count). The molecule has 4 nitrogen and oxygen atoms in total. The second-order valence-electron chi connectivity index (χ2n) is 5.97. The highest BCUT2D eigenvalue weighted by Crippen LogP contribution is 2.16. The van der Waals surface area contributed by atoms with E-state index in [1.807, 2.05) is 6.08 Å². The molecule has 0 radical (unpaired) electrons. The number of likely N-dealkylation sites (tertiary alicyclic amines) is 1. The summed E-state index contributed by atoms with van der Waals surface area (Å²) in [6.07, 6.45) is 5.88. The van der Waals surface area contributed by atoms with Crippen molar-refractivity contribution in [2.75, 3.05) is 26.2 Å². The van der Waals surface area contributed by atoms with Crippen LogP contribution < -0.4 is 10.6 Å². The summed E-state index contributed by atoms with van der Waals surface area (Å²) in [5.74, 6) is 0.847. The molecular formula is C19H31IN4. The van der Waals surface area contributed by atoms with Crippen LogP contribution in [0.5, 0.6) is 0 Å². The first-order valence-electron chi connectivity index (χ1n) is 8.75. The van der Waals surface area contributed by atoms with Crippen molar-refractivity contribution >= 4 is 29.9 Å². The lowest BCUT2D eigenvalue weighted by Gasteiger charge is -2.27. The van der Waals surface area contributed by atoms with Gasteiger partial charge in [-0.2, -0.15) is 0 Å². The molecule has 5 heteroatoms. The highest BCUT2D eigenvalue weighted by atomic mass is 127. The minimum atomic E-state index is 0. The van der Waals surface area contributed by atoms with Gasteiger partial charge in [0.15, 0.2) is 5.96 Å². The zero-order valence-electron chi connectivity index (χ0n) is 14.8. The van der Waals surface area contributed by atoms with Crippen molar-refractivity contribution in [2.24, 2.45) is 4.99 Å². The molecule has 1 aromatic rings. The summed E-state index contributed by atoms with van der Waals surface area (Å²) in [5, 5.41) is 6.52. The quantitative estimate of drug-likeness (QED) is 0.294. The Kier molecular flexibility index (Phi) is 10.7. The first kappa shape index (κ1) is 21.0. The highest BCUT2D eigenvalue weighted by molar-refractivity contribution is 14.0. The molecule has 134 valence electrons. The van der Waals surface area contributed by atoms with Gasteiger partial charge in [0, 0.05) is 19.6 Å². The molecule has 1 fully saturated rings. The molecule has 0 atom stereocenters. The number of nitrogens with one attached hydrogen (secondary N) is 2. The van der Waals surface area contributed by atoms with Crippen LogP contribution in [-0.2, 0) is 13.1 Å². The fourth-order valence-electron chi connectivity index (χ4n) is 2.90. The molecule has 0 amide bonds. The van der Waals surface area contributed by atoms with Gasteiger partial charge >= 0.3 is 0 Å². The van der Waals surface area contributed by atoms with E-state index in [1.54, 1.807) is 0 Å². The molecule has 0 aromatic heterocycles. The molecule has 1 aliphatic rings. The third kappa shape index (κ3) is 7.21. The molecule has 1 heterocycles. The fourth-order valence-corrected chi connectivity index (χ4v) is 2.90. The van der Waals surface area contributed by atoms with Gasteiger partial charge in [0.25, 0.3) is 0 Å². The molecule has 0 saturated carbocycles. The van der Waals surface area contributed by atoms with E-state index < -0.39 is 0 Å². The average molecular weight is 442 g/mol. The number of piperidine rings is 1. The predicted octanol–water partition coefficient (Wildman–Crippen LogP) is 3.53. The van der Waals surface area contributed by atoms with E-state index in [1.165, 1.54) is 43.5 Å². The lowest BCUT2D eigenvalue weighted by atomic mass is 10.1. The van der Waals surface area contributed by atoms with Crippen molar-refractivity contribution in [3.8, 4) is 0 Å². The van der Waals surface area contributed by atoms with Crippen molar-refractivity contribution in [3.05, 3.63) is 48.0 Å². The number of guanidine groups is 1. The van der Waals surface area contributed by atoms with Crippen LogP contribution in [0.25, 0.3) is 0 Å². The maximum absolute atomic E-state index is 4.70. The summed E-state index contributed by atoms with van der Waals surface area (Å²) in [6.45, 7) is 11.6. The summed E-state index contributed by atoms with van der Waals surface area (Å²) in [7, 11) is 0. The third-order valence-electron chi connectivity index (χ3n) is 4.13. The molecule has 0 bridgehead atoms. The molecule has 2 N–H and O–H groups in total. The maximum Gasteiger partial charge on any atom is 0.191 e. The number of aliphatic imine (C=N–C) groups is 1. The fraction of sp³-hybridized carbons (Fsp3) is 0.526. The Morgan fingerprint density at radius 3 is 2.54 bits per heavy atom. The Balaban J connectivity index is 0.00000288. The minimum Gasteiger partial charge on any atom is -0.357 e. The van der Waals surface area contributed by atoms with Crippen LogP contribution in [0.1, 0.15) is 37.3 Å². The first-order chi connectivity index (χ1) is 11.3. The first-order valence-corrected chi connectivity index (χ1v) is 8.75. The molecule has 1 aliphatic heterocycles. The topological polar surface area (TPSA) is 39.7 Å². The summed E-state index contributed by atoms with van der Waals surface area (Å²) in [6, 6.07) is 8.67. The molecule has 24 heavy (non-hydrogen) atoms. The molecule has 0 unspecified atom stereocenters. The number of hydrogen-bond acceptors (Lipinski definition) is 2. The van der Waals surface area contributed by atoms with Gasteiger partial charge < -0.3 is 10.6 Å². The number of nitrogens with zero attached hydrogens (tertiary/aromatic N) is 2. The van der Waals surface area contributed by atoms with Gasteiger partial charge in [0.05, 0.1) is 6.54 Å². The Bertz CT molecular complexity index is 510. The van der Waals surface area contributed by atoms with Gasteiger partial charge in [-0.25, -0.2) is 4.99 Å². The SMILES string of the molecule is C=CCNC(=NCc1ccccc1CN1CCCCC1)NCC.I. The Hall–Kier alpha value is -1.08. The van der Waals surface area contributed by atoms with Gasteiger partial charge in [0.2, 0.25) is 0 Å². The van der Waals surface area contributed by atoms with E-state index >= 15 is 0 Å². The van der Waals surface area contributed by atoms with Gasteiger partial charge in [0.1, 0.15) is 0 Å². The van der Waals surface area contributed by atoms with E-state index in [0.717, 1.165) is 25.6 Å². The lowest BCUT2D eigenvalue weighted by molar-refractivity contribution is 0.220. The van der Waals surface area contributed by atoms with Crippen LogP contribution in [0.15, 0.2) is 41.9 Å². The van der Waals surface area contributed by atoms with E-state index in [4.69, 9.17) is 4.99 Å². The van der Waals surface area contributed by atoms with Crippen LogP contribution >= 0.6 is 24.0 Å². The van der Waals surface area contributed by atoms with Gasteiger partial charge in [-0.15, -0.1) is 30.6 Å². The largest absolute Gasteiger partial charge is 0.357 e. The second kappa shape index (κ2) is 12.3. The molecule has 1 saturated heterocycles. The average Bonchev–Trinajstić information content (AvgIpc) is 2.59. The van der Waals surface area contributed by atoms with E-state index in [0.29, 0.717) is 6.54 Å². The van der Waals surface area contributed by atoms with E-state index in [2.05, 4.69) is 53.3 Å². The zero-order valence-corrected chi connectivity index (χ0v) is 17.1. The van der Waals surface area contributed by atoms with Crippen LogP contribution in [0, 0.1) is 0 Å². The number of hydrogen-bond donors (Lipinski definition) is 2. The van der Waals surface area contributed by atoms with Crippen molar-refractivity contribution in [1.29, 1.82) is 0 Å². The zero-order chi connectivity index (χ0) is 16.3. The van der Waals surface area contributed by atoms with Gasteiger partial charge in [-0.05, 0) is 44.0 Å². The molecular weight excluding hydrogens is 411 g/mol. The lowest BCUT2D eigenvalue weighted by Crippen LogP contribution is -2.37. The van der Waals surface area contributed by atoms with Crippen LogP contribution in [0.4, 0.5) is 0 Å². The summed E-state index contributed by atoms with van der Waals surface area (Å²) in [5.41, 5.74) is 2.71. The van der Waals surface area contributed by atoms with Gasteiger partial charge in [-0.1, -0.05) is 36.8 Å². The number of halogens is 1.